The number of halogens is 3. The lowest BCUT2D eigenvalue weighted by molar-refractivity contribution is -0.145. The number of carbonyl (C=O) groups is 1. The smallest absolute Gasteiger partial charge is 0.346 e. The number of aromatic amines is 1. The van der Waals surface area contributed by atoms with Crippen LogP contribution < -0.4 is 0 Å². The molecule has 0 bridgehead atoms. The van der Waals surface area contributed by atoms with E-state index in [0.717, 1.165) is 41.3 Å². The summed E-state index contributed by atoms with van der Waals surface area (Å²) in [5, 5.41) is 15.1. The maximum atomic E-state index is 12.9. The molecule has 6 rings (SSSR count). The van der Waals surface area contributed by atoms with Crippen LogP contribution in [0.2, 0.25) is 0 Å². The van der Waals surface area contributed by atoms with Crippen molar-refractivity contribution in [2.75, 3.05) is 26.2 Å². The third-order valence-electron chi connectivity index (χ3n) is 7.58. The second-order valence-corrected chi connectivity index (χ2v) is 9.85. The van der Waals surface area contributed by atoms with Crippen molar-refractivity contribution in [3.05, 3.63) is 54.8 Å². The molecule has 1 N–H and O–H groups in total. The Morgan fingerprint density at radius 3 is 2.69 bits per heavy atom. The molecule has 2 fully saturated rings. The van der Waals surface area contributed by atoms with E-state index in [1.165, 1.54) is 17.3 Å². The molecule has 1 saturated carbocycles. The van der Waals surface area contributed by atoms with E-state index in [-0.39, 0.29) is 11.7 Å². The van der Waals surface area contributed by atoms with Crippen LogP contribution in [0.4, 0.5) is 13.2 Å². The average Bonchev–Trinajstić information content (AvgIpc) is 3.60. The molecule has 5 heterocycles. The maximum Gasteiger partial charge on any atom is 0.451 e. The summed E-state index contributed by atoms with van der Waals surface area (Å²) >= 11 is 0. The van der Waals surface area contributed by atoms with Gasteiger partial charge in [0.1, 0.15) is 17.7 Å². The predicted molar refractivity (Wildman–Crippen MR) is 131 cm³/mol. The monoisotopic (exact) mass is 536 g/mol. The lowest BCUT2D eigenvalue weighted by Crippen LogP contribution is -2.60. The van der Waals surface area contributed by atoms with Gasteiger partial charge in [-0.25, -0.2) is 19.9 Å². The lowest BCUT2D eigenvalue weighted by Gasteiger charge is -2.52. The minimum atomic E-state index is -4.71. The SMILES string of the molecule is N#CCC1(n2cc(-c3ncnc4[nH]ccc34)cn2)CC(N2CCN(C(=O)c3ccnc(C(F)(F)F)n3)CC2)C1. The zero-order valence-corrected chi connectivity index (χ0v) is 20.6. The lowest BCUT2D eigenvalue weighted by atomic mass is 9.70. The summed E-state index contributed by atoms with van der Waals surface area (Å²) in [6.07, 6.45) is 4.98. The summed E-state index contributed by atoms with van der Waals surface area (Å²) in [5.74, 6) is -1.87. The van der Waals surface area contributed by atoms with Crippen molar-refractivity contribution in [3.63, 3.8) is 0 Å². The van der Waals surface area contributed by atoms with E-state index < -0.39 is 23.4 Å². The Morgan fingerprint density at radius 2 is 1.95 bits per heavy atom. The summed E-state index contributed by atoms with van der Waals surface area (Å²) in [7, 11) is 0. The van der Waals surface area contributed by atoms with Gasteiger partial charge in [-0.1, -0.05) is 0 Å². The number of nitrogens with zero attached hydrogens (tertiary/aromatic N) is 9. The van der Waals surface area contributed by atoms with Crippen LogP contribution in [0.1, 0.15) is 35.6 Å². The van der Waals surface area contributed by atoms with Gasteiger partial charge in [0, 0.05) is 61.8 Å². The molecule has 2 aliphatic rings. The Hall–Kier alpha value is -4.38. The first-order valence-electron chi connectivity index (χ1n) is 12.4. The number of hydrogen-bond donors (Lipinski definition) is 1. The van der Waals surface area contributed by atoms with E-state index in [2.05, 4.69) is 41.0 Å². The van der Waals surface area contributed by atoms with Crippen molar-refractivity contribution in [1.82, 2.24) is 44.5 Å². The highest BCUT2D eigenvalue weighted by molar-refractivity contribution is 5.92. The van der Waals surface area contributed by atoms with Gasteiger partial charge in [-0.05, 0) is 25.0 Å². The highest BCUT2D eigenvalue weighted by Crippen LogP contribution is 2.45. The zero-order valence-electron chi connectivity index (χ0n) is 20.6. The molecule has 1 aliphatic carbocycles. The zero-order chi connectivity index (χ0) is 27.2. The molecule has 0 radical (unpaired) electrons. The van der Waals surface area contributed by atoms with E-state index in [1.807, 2.05) is 23.1 Å². The molecule has 1 aliphatic heterocycles. The second-order valence-electron chi connectivity index (χ2n) is 9.85. The molecule has 0 spiro atoms. The Kier molecular flexibility index (Phi) is 6.02. The van der Waals surface area contributed by atoms with Crippen molar-refractivity contribution < 1.29 is 18.0 Å². The van der Waals surface area contributed by atoms with Crippen LogP contribution in [-0.4, -0.2) is 82.6 Å². The fourth-order valence-corrected chi connectivity index (χ4v) is 5.51. The van der Waals surface area contributed by atoms with E-state index >= 15 is 0 Å². The number of amides is 1. The van der Waals surface area contributed by atoms with Gasteiger partial charge in [0.2, 0.25) is 5.82 Å². The van der Waals surface area contributed by atoms with Crippen molar-refractivity contribution in [2.24, 2.45) is 0 Å². The van der Waals surface area contributed by atoms with Crippen molar-refractivity contribution in [3.8, 4) is 17.3 Å². The number of piperazine rings is 1. The molecule has 1 amide bonds. The van der Waals surface area contributed by atoms with E-state index in [9.17, 15) is 23.2 Å². The van der Waals surface area contributed by atoms with Crippen LogP contribution in [0.15, 0.2) is 43.2 Å². The summed E-state index contributed by atoms with van der Waals surface area (Å²) in [4.78, 5) is 34.9. The van der Waals surface area contributed by atoms with Gasteiger partial charge in [-0.3, -0.25) is 14.4 Å². The van der Waals surface area contributed by atoms with Crippen molar-refractivity contribution in [1.29, 1.82) is 5.26 Å². The van der Waals surface area contributed by atoms with Gasteiger partial charge < -0.3 is 9.88 Å². The van der Waals surface area contributed by atoms with Crippen LogP contribution >= 0.6 is 0 Å². The van der Waals surface area contributed by atoms with Crippen LogP contribution in [0, 0.1) is 11.3 Å². The second kappa shape index (κ2) is 9.42. The Labute approximate surface area is 220 Å². The molecule has 0 aromatic carbocycles. The largest absolute Gasteiger partial charge is 0.451 e. The molecular weight excluding hydrogens is 513 g/mol. The van der Waals surface area contributed by atoms with Crippen molar-refractivity contribution >= 4 is 16.9 Å². The van der Waals surface area contributed by atoms with Crippen LogP contribution in [-0.2, 0) is 11.7 Å². The number of rotatable bonds is 5. The van der Waals surface area contributed by atoms with Crippen LogP contribution in [0.3, 0.4) is 0 Å². The molecule has 11 nitrogen and oxygen atoms in total. The molecule has 4 aromatic heterocycles. The Balaban J connectivity index is 1.11. The van der Waals surface area contributed by atoms with E-state index in [4.69, 9.17) is 0 Å². The number of fused-ring (bicyclic) bond motifs is 1. The molecule has 39 heavy (non-hydrogen) atoms. The highest BCUT2D eigenvalue weighted by Gasteiger charge is 2.49. The number of hydrogen-bond acceptors (Lipinski definition) is 8. The van der Waals surface area contributed by atoms with Crippen molar-refractivity contribution in [2.45, 2.75) is 37.0 Å². The summed E-state index contributed by atoms with van der Waals surface area (Å²) in [6, 6.07) is 5.63. The number of alkyl halides is 3. The molecule has 4 aromatic rings. The first kappa shape index (κ1) is 24.9. The van der Waals surface area contributed by atoms with Gasteiger partial charge in [0.25, 0.3) is 5.91 Å². The number of carbonyl (C=O) groups excluding carboxylic acids is 1. The third-order valence-corrected chi connectivity index (χ3v) is 7.58. The first-order chi connectivity index (χ1) is 18.8. The summed E-state index contributed by atoms with van der Waals surface area (Å²) in [5.41, 5.74) is 1.64. The van der Waals surface area contributed by atoms with Gasteiger partial charge in [0.05, 0.1) is 29.9 Å². The minimum Gasteiger partial charge on any atom is -0.346 e. The van der Waals surface area contributed by atoms with Crippen LogP contribution in [0.25, 0.3) is 22.3 Å². The van der Waals surface area contributed by atoms with Crippen LogP contribution in [0.5, 0.6) is 0 Å². The highest BCUT2D eigenvalue weighted by atomic mass is 19.4. The van der Waals surface area contributed by atoms with Gasteiger partial charge in [-0.2, -0.15) is 23.5 Å². The standard InChI is InChI=1S/C25H23F3N10O/c26-25(27,28)23-31-6-2-19(35-23)22(39)37-9-7-36(8-10-37)17-11-24(12-17,3-4-29)38-14-16(13-34-38)20-18-1-5-30-21(18)33-15-32-20/h1-2,5-6,13-15,17H,3,7-12H2,(H,30,32,33). The molecular formula is C25H23F3N10O. The summed E-state index contributed by atoms with van der Waals surface area (Å²) in [6.45, 7) is 1.90. The van der Waals surface area contributed by atoms with Gasteiger partial charge in [-0.15, -0.1) is 0 Å². The normalized spacial score (nSPS) is 22.0. The van der Waals surface area contributed by atoms with E-state index in [1.54, 1.807) is 6.20 Å². The molecule has 1 saturated heterocycles. The van der Waals surface area contributed by atoms with E-state index in [0.29, 0.717) is 32.6 Å². The third kappa shape index (κ3) is 4.48. The number of nitriles is 1. The minimum absolute atomic E-state index is 0.203. The number of nitrogens with one attached hydrogen (secondary N) is 1. The Bertz CT molecular complexity index is 1560. The maximum absolute atomic E-state index is 12.9. The molecule has 0 atom stereocenters. The predicted octanol–water partition coefficient (Wildman–Crippen LogP) is 2.86. The summed E-state index contributed by atoms with van der Waals surface area (Å²) < 4.78 is 40.7. The number of H-pyrrole nitrogens is 1. The fourth-order valence-electron chi connectivity index (χ4n) is 5.51. The molecule has 14 heteroatoms. The fraction of sp³-hybridized carbons (Fsp3) is 0.400. The average molecular weight is 537 g/mol. The molecule has 0 unspecified atom stereocenters. The van der Waals surface area contributed by atoms with Gasteiger partial charge >= 0.3 is 6.18 Å². The topological polar surface area (TPSA) is 133 Å². The Morgan fingerprint density at radius 1 is 1.15 bits per heavy atom. The van der Waals surface area contributed by atoms with Gasteiger partial charge in [0.15, 0.2) is 0 Å². The first-order valence-corrected chi connectivity index (χ1v) is 12.4. The number of aromatic nitrogens is 7. The quantitative estimate of drug-likeness (QED) is 0.412. The molecule has 200 valence electrons.